The van der Waals surface area contributed by atoms with Crippen molar-refractivity contribution in [2.45, 2.75) is 19.9 Å². The van der Waals surface area contributed by atoms with Crippen molar-refractivity contribution in [1.29, 1.82) is 0 Å². The largest absolute Gasteiger partial charge is 0.347 e. The second kappa shape index (κ2) is 3.82. The van der Waals surface area contributed by atoms with Gasteiger partial charge in [-0.25, -0.2) is 0 Å². The highest BCUT2D eigenvalue weighted by molar-refractivity contribution is 5.83. The maximum Gasteiger partial charge on any atom is 0.0911 e. The summed E-state index contributed by atoms with van der Waals surface area (Å²) in [5.41, 5.74) is 2.49. The molecule has 0 unspecified atom stereocenters. The third kappa shape index (κ3) is 1.52. The van der Waals surface area contributed by atoms with Gasteiger partial charge >= 0.3 is 0 Å². The van der Waals surface area contributed by atoms with E-state index >= 15 is 0 Å². The van der Waals surface area contributed by atoms with E-state index in [4.69, 9.17) is 0 Å². The van der Waals surface area contributed by atoms with Gasteiger partial charge in [-0.05, 0) is 30.4 Å². The molecule has 0 fully saturated rings. The quantitative estimate of drug-likeness (QED) is 0.701. The Morgan fingerprint density at radius 1 is 1.29 bits per heavy atom. The molecule has 1 aromatic heterocycles. The molecule has 0 saturated carbocycles. The molecule has 2 aromatic rings. The van der Waals surface area contributed by atoms with Crippen molar-refractivity contribution in [2.75, 3.05) is 6.67 Å². The van der Waals surface area contributed by atoms with Crippen LogP contribution in [-0.2, 0) is 6.54 Å². The molecular formula is C12H14FN. The molecule has 1 aromatic carbocycles. The van der Waals surface area contributed by atoms with Crippen LogP contribution in [0, 0.1) is 6.92 Å². The van der Waals surface area contributed by atoms with E-state index in [1.807, 2.05) is 6.20 Å². The topological polar surface area (TPSA) is 4.93 Å². The summed E-state index contributed by atoms with van der Waals surface area (Å²) in [6, 6.07) is 8.32. The van der Waals surface area contributed by atoms with E-state index in [0.29, 0.717) is 6.42 Å². The number of rotatable bonds is 3. The monoisotopic (exact) mass is 191 g/mol. The number of hydrogen-bond acceptors (Lipinski definition) is 0. The first-order chi connectivity index (χ1) is 6.83. The Labute approximate surface area is 83.2 Å². The van der Waals surface area contributed by atoms with Crippen LogP contribution in [0.5, 0.6) is 0 Å². The first-order valence-corrected chi connectivity index (χ1v) is 4.93. The van der Waals surface area contributed by atoms with Gasteiger partial charge in [0.15, 0.2) is 0 Å². The molecule has 0 aliphatic heterocycles. The molecule has 0 amide bonds. The maximum absolute atomic E-state index is 12.1. The molecule has 0 radical (unpaired) electrons. The molecule has 0 atom stereocenters. The zero-order chi connectivity index (χ0) is 9.97. The molecular weight excluding hydrogens is 177 g/mol. The number of aromatic nitrogens is 1. The summed E-state index contributed by atoms with van der Waals surface area (Å²) in [7, 11) is 0. The van der Waals surface area contributed by atoms with Gasteiger partial charge in [-0.15, -0.1) is 0 Å². The fraction of sp³-hybridized carbons (Fsp3) is 0.333. The van der Waals surface area contributed by atoms with E-state index in [0.717, 1.165) is 6.54 Å². The molecule has 0 aliphatic rings. The third-order valence-electron chi connectivity index (χ3n) is 2.52. The number of nitrogens with zero attached hydrogens (tertiary/aromatic N) is 1. The van der Waals surface area contributed by atoms with Crippen LogP contribution in [0.3, 0.4) is 0 Å². The van der Waals surface area contributed by atoms with E-state index in [1.54, 1.807) is 0 Å². The molecule has 14 heavy (non-hydrogen) atoms. The lowest BCUT2D eigenvalue weighted by Crippen LogP contribution is -1.97. The van der Waals surface area contributed by atoms with Gasteiger partial charge in [-0.2, -0.15) is 0 Å². The van der Waals surface area contributed by atoms with E-state index in [1.165, 1.54) is 16.5 Å². The predicted molar refractivity (Wildman–Crippen MR) is 57.3 cm³/mol. The minimum absolute atomic E-state index is 0.244. The highest BCUT2D eigenvalue weighted by Gasteiger charge is 2.02. The van der Waals surface area contributed by atoms with Gasteiger partial charge in [0.2, 0.25) is 0 Å². The van der Waals surface area contributed by atoms with Gasteiger partial charge in [0.05, 0.1) is 12.2 Å². The number of para-hydroxylation sites is 1. The molecule has 0 saturated heterocycles. The summed E-state index contributed by atoms with van der Waals surface area (Å²) < 4.78 is 14.2. The molecule has 1 nitrogen and oxygen atoms in total. The normalized spacial score (nSPS) is 11.0. The Kier molecular flexibility index (Phi) is 2.53. The Hall–Kier alpha value is -1.31. The standard InChI is InChI=1S/C12H14FN/c1-10-4-2-5-11-6-9-14(12(10)11)8-3-7-13/h2,4-6,9H,3,7-8H2,1H3. The number of halogens is 1. The van der Waals surface area contributed by atoms with Gasteiger partial charge in [0, 0.05) is 12.7 Å². The van der Waals surface area contributed by atoms with Gasteiger partial charge < -0.3 is 4.57 Å². The molecule has 0 bridgehead atoms. The lowest BCUT2D eigenvalue weighted by molar-refractivity contribution is 0.450. The molecule has 2 heteroatoms. The predicted octanol–water partition coefficient (Wildman–Crippen LogP) is 3.31. The number of fused-ring (bicyclic) bond motifs is 1. The molecule has 1 heterocycles. The first-order valence-electron chi connectivity index (χ1n) is 4.93. The average molecular weight is 191 g/mol. The zero-order valence-electron chi connectivity index (χ0n) is 8.33. The Morgan fingerprint density at radius 3 is 2.93 bits per heavy atom. The average Bonchev–Trinajstić information content (AvgIpc) is 2.59. The van der Waals surface area contributed by atoms with Gasteiger partial charge in [-0.1, -0.05) is 18.2 Å². The van der Waals surface area contributed by atoms with Crippen molar-refractivity contribution < 1.29 is 4.39 Å². The highest BCUT2D eigenvalue weighted by Crippen LogP contribution is 2.19. The van der Waals surface area contributed by atoms with Crippen LogP contribution in [0.2, 0.25) is 0 Å². The zero-order valence-corrected chi connectivity index (χ0v) is 8.33. The fourth-order valence-corrected chi connectivity index (χ4v) is 1.87. The lowest BCUT2D eigenvalue weighted by Gasteiger charge is -2.05. The van der Waals surface area contributed by atoms with E-state index in [9.17, 15) is 4.39 Å². The molecule has 2 rings (SSSR count). The van der Waals surface area contributed by atoms with Crippen LogP contribution in [-0.4, -0.2) is 11.2 Å². The number of benzene rings is 1. The van der Waals surface area contributed by atoms with Crippen LogP contribution < -0.4 is 0 Å². The summed E-state index contributed by atoms with van der Waals surface area (Å²) in [6.45, 7) is 2.62. The minimum Gasteiger partial charge on any atom is -0.347 e. The number of alkyl halides is 1. The highest BCUT2D eigenvalue weighted by atomic mass is 19.1. The van der Waals surface area contributed by atoms with Crippen molar-refractivity contribution in [2.24, 2.45) is 0 Å². The van der Waals surface area contributed by atoms with Gasteiger partial charge in [0.25, 0.3) is 0 Å². The van der Waals surface area contributed by atoms with Crippen LogP contribution in [0.25, 0.3) is 10.9 Å². The Morgan fingerprint density at radius 2 is 2.14 bits per heavy atom. The second-order valence-electron chi connectivity index (χ2n) is 3.56. The first kappa shape index (κ1) is 9.25. The Balaban J connectivity index is 2.45. The minimum atomic E-state index is -0.244. The second-order valence-corrected chi connectivity index (χ2v) is 3.56. The van der Waals surface area contributed by atoms with Crippen molar-refractivity contribution >= 4 is 10.9 Å². The van der Waals surface area contributed by atoms with Crippen molar-refractivity contribution in [3.8, 4) is 0 Å². The SMILES string of the molecule is Cc1cccc2ccn(CCCF)c12. The molecule has 0 N–H and O–H groups in total. The van der Waals surface area contributed by atoms with E-state index in [2.05, 4.69) is 35.8 Å². The molecule has 74 valence electrons. The van der Waals surface area contributed by atoms with Gasteiger partial charge in [-0.3, -0.25) is 4.39 Å². The third-order valence-corrected chi connectivity index (χ3v) is 2.52. The molecule has 0 spiro atoms. The molecule has 0 aliphatic carbocycles. The summed E-state index contributed by atoms with van der Waals surface area (Å²) in [5.74, 6) is 0. The van der Waals surface area contributed by atoms with Crippen LogP contribution in [0.1, 0.15) is 12.0 Å². The number of hydrogen-bond donors (Lipinski definition) is 0. The Bertz CT molecular complexity index is 431. The van der Waals surface area contributed by atoms with Crippen LogP contribution in [0.4, 0.5) is 4.39 Å². The maximum atomic E-state index is 12.1. The lowest BCUT2D eigenvalue weighted by atomic mass is 10.2. The smallest absolute Gasteiger partial charge is 0.0911 e. The van der Waals surface area contributed by atoms with Crippen LogP contribution >= 0.6 is 0 Å². The van der Waals surface area contributed by atoms with Gasteiger partial charge in [0.1, 0.15) is 0 Å². The number of aryl methyl sites for hydroxylation is 2. The van der Waals surface area contributed by atoms with Crippen molar-refractivity contribution in [1.82, 2.24) is 4.57 Å². The summed E-state index contributed by atoms with van der Waals surface area (Å²) in [6.07, 6.45) is 2.63. The van der Waals surface area contributed by atoms with Crippen LogP contribution in [0.15, 0.2) is 30.5 Å². The summed E-state index contributed by atoms with van der Waals surface area (Å²) >= 11 is 0. The summed E-state index contributed by atoms with van der Waals surface area (Å²) in [4.78, 5) is 0. The summed E-state index contributed by atoms with van der Waals surface area (Å²) in [5, 5.41) is 1.24. The van der Waals surface area contributed by atoms with E-state index < -0.39 is 0 Å². The fourth-order valence-electron chi connectivity index (χ4n) is 1.87. The van der Waals surface area contributed by atoms with Crippen molar-refractivity contribution in [3.63, 3.8) is 0 Å². The van der Waals surface area contributed by atoms with Crippen molar-refractivity contribution in [3.05, 3.63) is 36.0 Å². The van der Waals surface area contributed by atoms with E-state index in [-0.39, 0.29) is 6.67 Å².